The Balaban J connectivity index is 2.38. The summed E-state index contributed by atoms with van der Waals surface area (Å²) in [7, 11) is 1.37. The Morgan fingerprint density at radius 3 is 2.42 bits per heavy atom. The van der Waals surface area contributed by atoms with Gasteiger partial charge < -0.3 is 10.1 Å². The van der Waals surface area contributed by atoms with E-state index < -0.39 is 0 Å². The average Bonchev–Trinajstić information content (AvgIpc) is 1.98. The van der Waals surface area contributed by atoms with Crippen molar-refractivity contribution in [3.8, 4) is 0 Å². The third-order valence-electron chi connectivity index (χ3n) is 2.17. The number of nitrogens with one attached hydrogen (secondary N) is 1. The van der Waals surface area contributed by atoms with Crippen LogP contribution in [0.25, 0.3) is 0 Å². The first-order valence-corrected chi connectivity index (χ1v) is 4.00. The lowest BCUT2D eigenvalue weighted by Crippen LogP contribution is -2.49. The van der Waals surface area contributed by atoms with E-state index in [0.717, 1.165) is 12.8 Å². The van der Waals surface area contributed by atoms with Crippen molar-refractivity contribution in [3.63, 3.8) is 0 Å². The highest BCUT2D eigenvalue weighted by atomic mass is 16.5. The van der Waals surface area contributed by atoms with E-state index in [9.17, 15) is 9.59 Å². The molecule has 0 saturated heterocycles. The number of esters is 1. The molecule has 1 fully saturated rings. The SMILES string of the molecule is COC(=O)C1CCC1NC(C)=O. The Kier molecular flexibility index (Phi) is 2.68. The summed E-state index contributed by atoms with van der Waals surface area (Å²) in [5, 5.41) is 2.70. The van der Waals surface area contributed by atoms with Crippen LogP contribution < -0.4 is 5.32 Å². The summed E-state index contributed by atoms with van der Waals surface area (Å²) in [4.78, 5) is 21.7. The Morgan fingerprint density at radius 2 is 2.08 bits per heavy atom. The number of carbonyl (C=O) groups is 2. The maximum Gasteiger partial charge on any atom is 0.310 e. The molecule has 0 aromatic carbocycles. The lowest BCUT2D eigenvalue weighted by Gasteiger charge is -2.34. The van der Waals surface area contributed by atoms with Crippen molar-refractivity contribution in [1.82, 2.24) is 5.32 Å². The molecule has 1 rings (SSSR count). The molecule has 4 heteroatoms. The van der Waals surface area contributed by atoms with Gasteiger partial charge in [-0.05, 0) is 12.8 Å². The second kappa shape index (κ2) is 3.56. The van der Waals surface area contributed by atoms with Gasteiger partial charge in [0.15, 0.2) is 0 Å². The zero-order chi connectivity index (χ0) is 9.14. The van der Waals surface area contributed by atoms with Gasteiger partial charge in [0, 0.05) is 13.0 Å². The third kappa shape index (κ3) is 1.75. The summed E-state index contributed by atoms with van der Waals surface area (Å²) in [5.74, 6) is -0.437. The number of carbonyl (C=O) groups excluding carboxylic acids is 2. The van der Waals surface area contributed by atoms with Gasteiger partial charge in [0.05, 0.1) is 13.0 Å². The first kappa shape index (κ1) is 9.03. The number of ether oxygens (including phenoxy) is 1. The first-order valence-electron chi connectivity index (χ1n) is 4.00. The first-order chi connectivity index (χ1) is 5.65. The molecule has 2 unspecified atom stereocenters. The lowest BCUT2D eigenvalue weighted by atomic mass is 9.79. The Morgan fingerprint density at radius 1 is 1.42 bits per heavy atom. The van der Waals surface area contributed by atoms with E-state index in [1.165, 1.54) is 14.0 Å². The highest BCUT2D eigenvalue weighted by molar-refractivity contribution is 5.78. The van der Waals surface area contributed by atoms with Crippen LogP contribution in [0.4, 0.5) is 0 Å². The van der Waals surface area contributed by atoms with E-state index in [1.54, 1.807) is 0 Å². The van der Waals surface area contributed by atoms with E-state index in [4.69, 9.17) is 0 Å². The monoisotopic (exact) mass is 171 g/mol. The molecule has 0 bridgehead atoms. The molecular formula is C8H13NO3. The van der Waals surface area contributed by atoms with Crippen LogP contribution in [-0.2, 0) is 14.3 Å². The predicted octanol–water partition coefficient (Wildman–Crippen LogP) is 0.0741. The molecule has 2 atom stereocenters. The topological polar surface area (TPSA) is 55.4 Å². The minimum Gasteiger partial charge on any atom is -0.469 e. The van der Waals surface area contributed by atoms with Crippen molar-refractivity contribution in [2.75, 3.05) is 7.11 Å². The number of methoxy groups -OCH3 is 1. The molecule has 1 aliphatic carbocycles. The number of hydrogen-bond acceptors (Lipinski definition) is 3. The van der Waals surface area contributed by atoms with Crippen LogP contribution >= 0.6 is 0 Å². The van der Waals surface area contributed by atoms with Gasteiger partial charge in [0.2, 0.25) is 5.91 Å². The summed E-state index contributed by atoms with van der Waals surface area (Å²) in [6.07, 6.45) is 1.69. The van der Waals surface area contributed by atoms with Gasteiger partial charge in [-0.15, -0.1) is 0 Å². The molecule has 1 saturated carbocycles. The van der Waals surface area contributed by atoms with Gasteiger partial charge in [0.25, 0.3) is 0 Å². The highest BCUT2D eigenvalue weighted by Crippen LogP contribution is 2.28. The van der Waals surface area contributed by atoms with Crippen LogP contribution in [0.3, 0.4) is 0 Å². The summed E-state index contributed by atoms with van der Waals surface area (Å²) < 4.78 is 4.58. The van der Waals surface area contributed by atoms with E-state index in [1.807, 2.05) is 0 Å². The molecule has 0 aromatic heterocycles. The van der Waals surface area contributed by atoms with Crippen LogP contribution in [-0.4, -0.2) is 25.0 Å². The summed E-state index contributed by atoms with van der Waals surface area (Å²) >= 11 is 0. The standard InChI is InChI=1S/C8H13NO3/c1-5(10)9-7-4-3-6(7)8(11)12-2/h6-7H,3-4H2,1-2H3,(H,9,10). The molecule has 1 amide bonds. The Bertz CT molecular complexity index is 202. The molecule has 68 valence electrons. The fourth-order valence-electron chi connectivity index (χ4n) is 1.37. The maximum absolute atomic E-state index is 11.0. The maximum atomic E-state index is 11.0. The van der Waals surface area contributed by atoms with Crippen LogP contribution in [0.15, 0.2) is 0 Å². The molecule has 0 aliphatic heterocycles. The summed E-state index contributed by atoms with van der Waals surface area (Å²) in [6, 6.07) is -0.00468. The van der Waals surface area contributed by atoms with E-state index in [-0.39, 0.29) is 23.8 Å². The van der Waals surface area contributed by atoms with Crippen molar-refractivity contribution in [1.29, 1.82) is 0 Å². The molecular weight excluding hydrogens is 158 g/mol. The molecule has 0 heterocycles. The fourth-order valence-corrected chi connectivity index (χ4v) is 1.37. The fraction of sp³-hybridized carbons (Fsp3) is 0.750. The summed E-state index contributed by atoms with van der Waals surface area (Å²) in [6.45, 7) is 1.45. The van der Waals surface area contributed by atoms with Crippen molar-refractivity contribution < 1.29 is 14.3 Å². The van der Waals surface area contributed by atoms with E-state index in [2.05, 4.69) is 10.1 Å². The van der Waals surface area contributed by atoms with Gasteiger partial charge in [-0.25, -0.2) is 0 Å². The van der Waals surface area contributed by atoms with Crippen molar-refractivity contribution in [2.24, 2.45) is 5.92 Å². The smallest absolute Gasteiger partial charge is 0.310 e. The third-order valence-corrected chi connectivity index (χ3v) is 2.17. The van der Waals surface area contributed by atoms with Gasteiger partial charge in [-0.3, -0.25) is 9.59 Å². The predicted molar refractivity (Wildman–Crippen MR) is 42.3 cm³/mol. The largest absolute Gasteiger partial charge is 0.469 e. The second-order valence-electron chi connectivity index (χ2n) is 3.01. The van der Waals surface area contributed by atoms with Crippen LogP contribution in [0.1, 0.15) is 19.8 Å². The molecule has 0 spiro atoms. The minimum absolute atomic E-state index is 0.00468. The van der Waals surface area contributed by atoms with Gasteiger partial charge >= 0.3 is 5.97 Å². The van der Waals surface area contributed by atoms with Crippen molar-refractivity contribution >= 4 is 11.9 Å². The minimum atomic E-state index is -0.222. The molecule has 1 N–H and O–H groups in total. The highest BCUT2D eigenvalue weighted by Gasteiger charge is 2.37. The summed E-state index contributed by atoms with van der Waals surface area (Å²) in [5.41, 5.74) is 0. The van der Waals surface area contributed by atoms with Crippen molar-refractivity contribution in [3.05, 3.63) is 0 Å². The molecule has 0 radical (unpaired) electrons. The average molecular weight is 171 g/mol. The Hall–Kier alpha value is -1.06. The van der Waals surface area contributed by atoms with Gasteiger partial charge in [-0.1, -0.05) is 0 Å². The molecule has 4 nitrogen and oxygen atoms in total. The molecule has 12 heavy (non-hydrogen) atoms. The zero-order valence-electron chi connectivity index (χ0n) is 7.29. The number of amides is 1. The van der Waals surface area contributed by atoms with Crippen LogP contribution in [0.5, 0.6) is 0 Å². The van der Waals surface area contributed by atoms with Gasteiger partial charge in [-0.2, -0.15) is 0 Å². The zero-order valence-corrected chi connectivity index (χ0v) is 7.29. The Labute approximate surface area is 71.3 Å². The molecule has 0 aromatic rings. The van der Waals surface area contributed by atoms with Gasteiger partial charge in [0.1, 0.15) is 0 Å². The quantitative estimate of drug-likeness (QED) is 0.598. The lowest BCUT2D eigenvalue weighted by molar-refractivity contribution is -0.150. The molecule has 1 aliphatic rings. The normalized spacial score (nSPS) is 27.2. The van der Waals surface area contributed by atoms with E-state index in [0.29, 0.717) is 0 Å². The van der Waals surface area contributed by atoms with Crippen LogP contribution in [0, 0.1) is 5.92 Å². The van der Waals surface area contributed by atoms with E-state index >= 15 is 0 Å². The number of rotatable bonds is 2. The second-order valence-corrected chi connectivity index (χ2v) is 3.01. The van der Waals surface area contributed by atoms with Crippen LogP contribution in [0.2, 0.25) is 0 Å². The van der Waals surface area contributed by atoms with Crippen molar-refractivity contribution in [2.45, 2.75) is 25.8 Å². The number of hydrogen-bond donors (Lipinski definition) is 1.